The molecule has 0 amide bonds. The van der Waals surface area contributed by atoms with Crippen LogP contribution in [-0.2, 0) is 6.54 Å². The van der Waals surface area contributed by atoms with E-state index in [1.165, 1.54) is 17.4 Å². The summed E-state index contributed by atoms with van der Waals surface area (Å²) >= 11 is 7.22. The number of aromatic nitrogens is 1. The largest absolute Gasteiger partial charge is 0.478 e. The van der Waals surface area contributed by atoms with Gasteiger partial charge in [-0.25, -0.2) is 9.78 Å². The number of para-hydroxylation sites is 1. The van der Waals surface area contributed by atoms with Crippen molar-refractivity contribution in [2.75, 3.05) is 5.32 Å². The average Bonchev–Trinajstić information content (AvgIpc) is 3.00. The van der Waals surface area contributed by atoms with E-state index in [1.54, 1.807) is 36.5 Å². The van der Waals surface area contributed by atoms with Gasteiger partial charge in [-0.05, 0) is 36.4 Å². The van der Waals surface area contributed by atoms with Gasteiger partial charge >= 0.3 is 5.97 Å². The highest BCUT2D eigenvalue weighted by Gasteiger charge is 2.10. The van der Waals surface area contributed by atoms with E-state index in [0.29, 0.717) is 22.5 Å². The number of hydrogen-bond acceptors (Lipinski definition) is 5. The van der Waals surface area contributed by atoms with Crippen LogP contribution in [0.2, 0.25) is 4.47 Å². The van der Waals surface area contributed by atoms with E-state index in [0.717, 1.165) is 10.6 Å². The molecule has 2 aromatic carbocycles. The summed E-state index contributed by atoms with van der Waals surface area (Å²) in [5.74, 6) is -0.146. The number of anilines is 1. The zero-order chi connectivity index (χ0) is 16.9. The third-order valence-electron chi connectivity index (χ3n) is 3.19. The zero-order valence-electron chi connectivity index (χ0n) is 12.4. The first-order valence-electron chi connectivity index (χ1n) is 7.06. The summed E-state index contributed by atoms with van der Waals surface area (Å²) < 4.78 is 6.18. The summed E-state index contributed by atoms with van der Waals surface area (Å²) in [7, 11) is 0. The van der Waals surface area contributed by atoms with Crippen LogP contribution in [0.15, 0.2) is 54.7 Å². The second-order valence-corrected chi connectivity index (χ2v) is 6.56. The lowest BCUT2D eigenvalue weighted by atomic mass is 10.2. The smallest absolute Gasteiger partial charge is 0.339 e. The molecule has 0 atom stereocenters. The molecule has 3 aromatic rings. The van der Waals surface area contributed by atoms with Crippen LogP contribution in [0.4, 0.5) is 5.69 Å². The molecular formula is C17H13ClN2O3S. The summed E-state index contributed by atoms with van der Waals surface area (Å²) in [4.78, 5) is 16.2. The number of halogens is 1. The van der Waals surface area contributed by atoms with Crippen molar-refractivity contribution >= 4 is 34.6 Å². The van der Waals surface area contributed by atoms with Crippen molar-refractivity contribution in [1.82, 2.24) is 4.98 Å². The van der Waals surface area contributed by atoms with Gasteiger partial charge in [0.2, 0.25) is 0 Å². The molecule has 24 heavy (non-hydrogen) atoms. The molecule has 0 aliphatic rings. The molecule has 0 aliphatic heterocycles. The Morgan fingerprint density at radius 3 is 2.62 bits per heavy atom. The van der Waals surface area contributed by atoms with Crippen molar-refractivity contribution in [3.05, 3.63) is 69.6 Å². The molecule has 0 spiro atoms. The monoisotopic (exact) mass is 360 g/mol. The predicted molar refractivity (Wildman–Crippen MR) is 94.4 cm³/mol. The molecule has 7 heteroatoms. The third kappa shape index (κ3) is 4.04. The van der Waals surface area contributed by atoms with Crippen LogP contribution in [0.5, 0.6) is 11.5 Å². The van der Waals surface area contributed by atoms with Crippen molar-refractivity contribution in [2.24, 2.45) is 0 Å². The maximum Gasteiger partial charge on any atom is 0.339 e. The van der Waals surface area contributed by atoms with Crippen molar-refractivity contribution in [3.8, 4) is 11.5 Å². The van der Waals surface area contributed by atoms with E-state index >= 15 is 0 Å². The van der Waals surface area contributed by atoms with E-state index in [-0.39, 0.29) is 5.56 Å². The molecule has 0 unspecified atom stereocenters. The van der Waals surface area contributed by atoms with E-state index < -0.39 is 5.97 Å². The quantitative estimate of drug-likeness (QED) is 0.654. The van der Waals surface area contributed by atoms with E-state index in [1.807, 2.05) is 12.1 Å². The van der Waals surface area contributed by atoms with E-state index in [4.69, 9.17) is 21.4 Å². The molecule has 122 valence electrons. The highest BCUT2D eigenvalue weighted by Crippen LogP contribution is 2.26. The van der Waals surface area contributed by atoms with Gasteiger partial charge in [0, 0.05) is 16.8 Å². The lowest BCUT2D eigenvalue weighted by molar-refractivity contribution is 0.0694. The number of ether oxygens (including phenoxy) is 1. The number of carboxylic acid groups (broad SMARTS) is 1. The fourth-order valence-corrected chi connectivity index (χ4v) is 2.97. The van der Waals surface area contributed by atoms with Gasteiger partial charge in [0.1, 0.15) is 17.1 Å². The third-order valence-corrected chi connectivity index (χ3v) is 4.31. The minimum Gasteiger partial charge on any atom is -0.478 e. The standard InChI is InChI=1S/C17H13ClN2O3S/c18-17-20-10-13(24-17)9-19-11-5-7-12(8-6-11)23-15-4-2-1-3-14(15)16(21)22/h1-8,10,19H,9H2,(H,21,22). The fourth-order valence-electron chi connectivity index (χ4n) is 2.05. The van der Waals surface area contributed by atoms with Crippen molar-refractivity contribution in [2.45, 2.75) is 6.54 Å². The minimum atomic E-state index is -1.02. The molecule has 1 aromatic heterocycles. The van der Waals surface area contributed by atoms with Crippen LogP contribution in [0.3, 0.4) is 0 Å². The van der Waals surface area contributed by atoms with Crippen LogP contribution in [-0.4, -0.2) is 16.1 Å². The number of hydrogen-bond donors (Lipinski definition) is 2. The van der Waals surface area contributed by atoms with Crippen LogP contribution in [0.1, 0.15) is 15.2 Å². The minimum absolute atomic E-state index is 0.127. The first kappa shape index (κ1) is 16.3. The Morgan fingerprint density at radius 2 is 1.96 bits per heavy atom. The summed E-state index contributed by atoms with van der Waals surface area (Å²) in [6.07, 6.45) is 1.74. The van der Waals surface area contributed by atoms with E-state index in [2.05, 4.69) is 10.3 Å². The molecule has 0 saturated heterocycles. The van der Waals surface area contributed by atoms with Gasteiger partial charge in [0.25, 0.3) is 0 Å². The predicted octanol–water partition coefficient (Wildman–Crippen LogP) is 4.90. The summed E-state index contributed by atoms with van der Waals surface area (Å²) in [6, 6.07) is 13.8. The summed E-state index contributed by atoms with van der Waals surface area (Å²) in [5, 5.41) is 12.4. The molecule has 3 rings (SSSR count). The van der Waals surface area contributed by atoms with Crippen LogP contribution < -0.4 is 10.1 Å². The Bertz CT molecular complexity index is 849. The maximum atomic E-state index is 11.2. The van der Waals surface area contributed by atoms with Crippen molar-refractivity contribution < 1.29 is 14.6 Å². The van der Waals surface area contributed by atoms with Gasteiger partial charge in [-0.2, -0.15) is 0 Å². The van der Waals surface area contributed by atoms with Gasteiger partial charge in [0.05, 0.1) is 6.54 Å². The highest BCUT2D eigenvalue weighted by molar-refractivity contribution is 7.15. The molecule has 0 radical (unpaired) electrons. The molecule has 1 heterocycles. The van der Waals surface area contributed by atoms with E-state index in [9.17, 15) is 4.79 Å². The number of rotatable bonds is 6. The molecule has 0 fully saturated rings. The number of carbonyl (C=O) groups is 1. The first-order chi connectivity index (χ1) is 11.6. The lowest BCUT2D eigenvalue weighted by Gasteiger charge is -2.10. The molecule has 0 aliphatic carbocycles. The zero-order valence-corrected chi connectivity index (χ0v) is 14.0. The Morgan fingerprint density at radius 1 is 1.21 bits per heavy atom. The summed E-state index contributed by atoms with van der Waals surface area (Å²) in [6.45, 7) is 0.631. The SMILES string of the molecule is O=C(O)c1ccccc1Oc1ccc(NCc2cnc(Cl)s2)cc1. The Kier molecular flexibility index (Phi) is 4.98. The molecular weight excluding hydrogens is 348 g/mol. The Balaban J connectivity index is 1.65. The lowest BCUT2D eigenvalue weighted by Crippen LogP contribution is -2.00. The average molecular weight is 361 g/mol. The second-order valence-electron chi connectivity index (χ2n) is 4.86. The normalized spacial score (nSPS) is 10.4. The second kappa shape index (κ2) is 7.33. The highest BCUT2D eigenvalue weighted by atomic mass is 35.5. The number of carboxylic acids is 1. The first-order valence-corrected chi connectivity index (χ1v) is 8.25. The van der Waals surface area contributed by atoms with Crippen molar-refractivity contribution in [1.29, 1.82) is 0 Å². The van der Waals surface area contributed by atoms with Gasteiger partial charge < -0.3 is 15.2 Å². The number of thiazole rings is 1. The van der Waals surface area contributed by atoms with Gasteiger partial charge in [-0.3, -0.25) is 0 Å². The molecule has 5 nitrogen and oxygen atoms in total. The van der Waals surface area contributed by atoms with Crippen LogP contribution in [0, 0.1) is 0 Å². The Hall–Kier alpha value is -2.57. The molecule has 0 saturated carbocycles. The number of nitrogens with one attached hydrogen (secondary N) is 1. The van der Waals surface area contributed by atoms with Crippen LogP contribution >= 0.6 is 22.9 Å². The fraction of sp³-hybridized carbons (Fsp3) is 0.0588. The number of aromatic carboxylic acids is 1. The number of nitrogens with zero attached hydrogens (tertiary/aromatic N) is 1. The topological polar surface area (TPSA) is 71.5 Å². The van der Waals surface area contributed by atoms with Gasteiger partial charge in [-0.1, -0.05) is 23.7 Å². The Labute approximate surface area is 147 Å². The molecule has 0 bridgehead atoms. The summed E-state index contributed by atoms with van der Waals surface area (Å²) in [5.41, 5.74) is 1.04. The van der Waals surface area contributed by atoms with Gasteiger partial charge in [-0.15, -0.1) is 11.3 Å². The van der Waals surface area contributed by atoms with Gasteiger partial charge in [0.15, 0.2) is 4.47 Å². The van der Waals surface area contributed by atoms with Crippen molar-refractivity contribution in [3.63, 3.8) is 0 Å². The van der Waals surface area contributed by atoms with Crippen LogP contribution in [0.25, 0.3) is 0 Å². The maximum absolute atomic E-state index is 11.2. The number of benzene rings is 2. The molecule has 2 N–H and O–H groups in total.